The summed E-state index contributed by atoms with van der Waals surface area (Å²) < 4.78 is 0. The Balaban J connectivity index is 1.30. The molecule has 0 radical (unpaired) electrons. The van der Waals surface area contributed by atoms with E-state index < -0.39 is 0 Å². The van der Waals surface area contributed by atoms with E-state index in [4.69, 9.17) is 0 Å². The average molecular weight is 561 g/mol. The van der Waals surface area contributed by atoms with E-state index in [0.717, 1.165) is 64.9 Å². The van der Waals surface area contributed by atoms with E-state index >= 15 is 0 Å². The Morgan fingerprint density at radius 3 is 1.98 bits per heavy atom. The highest BCUT2D eigenvalue weighted by Gasteiger charge is 2.41. The molecule has 0 N–H and O–H groups in total. The van der Waals surface area contributed by atoms with Crippen LogP contribution in [0.15, 0.2) is 127 Å². The Morgan fingerprint density at radius 2 is 1.35 bits per heavy atom. The van der Waals surface area contributed by atoms with Gasteiger partial charge in [-0.25, -0.2) is 0 Å². The molecule has 1 heterocycles. The quantitative estimate of drug-likeness (QED) is 0.112. The number of rotatable bonds is 7. The van der Waals surface area contributed by atoms with E-state index in [0.29, 0.717) is 0 Å². The number of aldehydes is 1. The molecule has 212 valence electrons. The number of unbranched alkanes of at least 4 members (excludes halogenated alkanes) is 1. The van der Waals surface area contributed by atoms with Crippen molar-refractivity contribution in [2.45, 2.75) is 39.0 Å². The fraction of sp³-hybridized carbons (Fsp3) is 0.175. The third kappa shape index (κ3) is 5.45. The van der Waals surface area contributed by atoms with Crippen LogP contribution in [0.4, 0.5) is 22.7 Å². The average Bonchev–Trinajstić information content (AvgIpc) is 3.26. The lowest BCUT2D eigenvalue weighted by Gasteiger charge is -2.26. The minimum Gasteiger partial charge on any atom is -0.344 e. The molecule has 0 aliphatic carbocycles. The van der Waals surface area contributed by atoms with Gasteiger partial charge in [0, 0.05) is 51.5 Å². The zero-order chi connectivity index (χ0) is 29.8. The number of hydrogen-bond acceptors (Lipinski definition) is 3. The predicted octanol–water partition coefficient (Wildman–Crippen LogP) is 9.69. The van der Waals surface area contributed by atoms with Gasteiger partial charge in [0.05, 0.1) is 0 Å². The largest absolute Gasteiger partial charge is 0.344 e. The van der Waals surface area contributed by atoms with Gasteiger partial charge in [-0.2, -0.15) is 0 Å². The number of para-hydroxylation sites is 2. The number of allylic oxidation sites excluding steroid dienone is 2. The molecule has 1 aliphatic rings. The van der Waals surface area contributed by atoms with Crippen LogP contribution in [0.3, 0.4) is 0 Å². The summed E-state index contributed by atoms with van der Waals surface area (Å²) in [4.78, 5) is 16.2. The number of nitrogens with zero attached hydrogens (tertiary/aromatic N) is 2. The summed E-state index contributed by atoms with van der Waals surface area (Å²) in [5, 5.41) is 2.38. The van der Waals surface area contributed by atoms with Gasteiger partial charge in [0.1, 0.15) is 6.29 Å². The molecule has 0 spiro atoms. The standard InChI is InChI=1S/C40H36N2O/c1-4-5-27-41-37-25-21-32-29-31(20-24-36(32)39(37)40(2,3)38(41)26-28-43)17-16-30-18-22-35(23-19-30)42(33-12-8-6-9-13-33)34-14-10-7-11-15-34/h6-15,18-26,28-29H,4-5,27H2,1-3H3/b38-26-. The van der Waals surface area contributed by atoms with Crippen molar-refractivity contribution in [3.63, 3.8) is 0 Å². The second kappa shape index (κ2) is 12.0. The Morgan fingerprint density at radius 1 is 0.744 bits per heavy atom. The van der Waals surface area contributed by atoms with Gasteiger partial charge in [0.2, 0.25) is 0 Å². The lowest BCUT2D eigenvalue weighted by molar-refractivity contribution is -0.104. The summed E-state index contributed by atoms with van der Waals surface area (Å²) in [6, 6.07) is 40.1. The molecule has 1 aliphatic heterocycles. The van der Waals surface area contributed by atoms with Crippen molar-refractivity contribution in [2.75, 3.05) is 16.3 Å². The lowest BCUT2D eigenvalue weighted by Crippen LogP contribution is -2.27. The van der Waals surface area contributed by atoms with Crippen LogP contribution >= 0.6 is 0 Å². The van der Waals surface area contributed by atoms with Crippen molar-refractivity contribution in [3.05, 3.63) is 144 Å². The van der Waals surface area contributed by atoms with Crippen LogP contribution < -0.4 is 9.80 Å². The Bertz CT molecular complexity index is 1800. The van der Waals surface area contributed by atoms with Gasteiger partial charge in [-0.15, -0.1) is 0 Å². The van der Waals surface area contributed by atoms with Crippen LogP contribution in [0.2, 0.25) is 0 Å². The maximum absolute atomic E-state index is 11.6. The van der Waals surface area contributed by atoms with Crippen molar-refractivity contribution in [2.24, 2.45) is 0 Å². The molecule has 5 aromatic rings. The molecule has 0 atom stereocenters. The van der Waals surface area contributed by atoms with Crippen LogP contribution in [0, 0.1) is 11.8 Å². The molecule has 3 heteroatoms. The fourth-order valence-electron chi connectivity index (χ4n) is 6.23. The van der Waals surface area contributed by atoms with E-state index in [1.54, 1.807) is 6.08 Å². The van der Waals surface area contributed by atoms with Crippen molar-refractivity contribution in [1.82, 2.24) is 0 Å². The smallest absolute Gasteiger partial charge is 0.144 e. The van der Waals surface area contributed by atoms with Crippen LogP contribution in [-0.2, 0) is 10.2 Å². The molecule has 0 saturated heterocycles. The number of anilines is 4. The molecule has 43 heavy (non-hydrogen) atoms. The normalized spacial score (nSPS) is 14.3. The van der Waals surface area contributed by atoms with Gasteiger partial charge in [-0.3, -0.25) is 4.79 Å². The van der Waals surface area contributed by atoms with E-state index in [9.17, 15) is 4.79 Å². The van der Waals surface area contributed by atoms with Gasteiger partial charge in [0.15, 0.2) is 0 Å². The highest BCUT2D eigenvalue weighted by Crippen LogP contribution is 2.50. The van der Waals surface area contributed by atoms with Gasteiger partial charge in [0.25, 0.3) is 0 Å². The molecule has 6 rings (SSSR count). The Kier molecular flexibility index (Phi) is 7.86. The molecule has 0 unspecified atom stereocenters. The number of fused-ring (bicyclic) bond motifs is 3. The summed E-state index contributed by atoms with van der Waals surface area (Å²) in [7, 11) is 0. The third-order valence-electron chi connectivity index (χ3n) is 8.31. The highest BCUT2D eigenvalue weighted by molar-refractivity contribution is 5.96. The van der Waals surface area contributed by atoms with Crippen LogP contribution in [-0.4, -0.2) is 12.8 Å². The van der Waals surface area contributed by atoms with E-state index in [-0.39, 0.29) is 5.41 Å². The van der Waals surface area contributed by atoms with Gasteiger partial charge < -0.3 is 9.80 Å². The van der Waals surface area contributed by atoms with E-state index in [2.05, 4.69) is 146 Å². The number of benzene rings is 5. The zero-order valence-corrected chi connectivity index (χ0v) is 25.0. The van der Waals surface area contributed by atoms with Crippen LogP contribution in [0.1, 0.15) is 50.3 Å². The summed E-state index contributed by atoms with van der Waals surface area (Å²) in [5.41, 5.74) is 8.56. The number of carbonyl (C=O) groups is 1. The molecule has 5 aromatic carbocycles. The minimum absolute atomic E-state index is 0.258. The van der Waals surface area contributed by atoms with Crippen molar-refractivity contribution < 1.29 is 4.79 Å². The number of carbonyl (C=O) groups excluding carboxylic acids is 1. The van der Waals surface area contributed by atoms with Crippen LogP contribution in [0.25, 0.3) is 10.8 Å². The zero-order valence-electron chi connectivity index (χ0n) is 25.0. The third-order valence-corrected chi connectivity index (χ3v) is 8.31. The topological polar surface area (TPSA) is 23.6 Å². The summed E-state index contributed by atoms with van der Waals surface area (Å²) in [6.45, 7) is 7.56. The number of hydrogen-bond donors (Lipinski definition) is 0. The van der Waals surface area contributed by atoms with Crippen LogP contribution in [0.5, 0.6) is 0 Å². The summed E-state index contributed by atoms with van der Waals surface area (Å²) >= 11 is 0. The summed E-state index contributed by atoms with van der Waals surface area (Å²) in [5.74, 6) is 6.76. The monoisotopic (exact) mass is 560 g/mol. The molecule has 0 aromatic heterocycles. The molecule has 0 bridgehead atoms. The van der Waals surface area contributed by atoms with Crippen molar-refractivity contribution in [1.29, 1.82) is 0 Å². The first-order chi connectivity index (χ1) is 21.0. The summed E-state index contributed by atoms with van der Waals surface area (Å²) in [6.07, 6.45) is 4.85. The first kappa shape index (κ1) is 28.1. The van der Waals surface area contributed by atoms with Gasteiger partial charge in [-0.05, 0) is 95.6 Å². The SMILES string of the molecule is CCCCN1/C(=C\C=O)C(C)(C)c2c1ccc1cc(C#Cc3ccc(N(c4ccccc4)c4ccccc4)cc3)ccc21. The lowest BCUT2D eigenvalue weighted by atomic mass is 9.81. The van der Waals surface area contributed by atoms with Crippen molar-refractivity contribution >= 4 is 39.8 Å². The molecule has 0 saturated carbocycles. The molecule has 3 nitrogen and oxygen atoms in total. The Hall–Kier alpha value is -5.07. The first-order valence-corrected chi connectivity index (χ1v) is 15.0. The maximum Gasteiger partial charge on any atom is 0.144 e. The minimum atomic E-state index is -0.258. The van der Waals surface area contributed by atoms with Gasteiger partial charge in [-0.1, -0.05) is 87.6 Å². The highest BCUT2D eigenvalue weighted by atomic mass is 16.1. The second-order valence-electron chi connectivity index (χ2n) is 11.5. The Labute approximate surface area is 255 Å². The molecule has 0 amide bonds. The first-order valence-electron chi connectivity index (χ1n) is 15.0. The van der Waals surface area contributed by atoms with E-state index in [1.165, 1.54) is 16.6 Å². The maximum atomic E-state index is 11.6. The van der Waals surface area contributed by atoms with Gasteiger partial charge >= 0.3 is 0 Å². The fourth-order valence-corrected chi connectivity index (χ4v) is 6.23. The molecule has 0 fully saturated rings. The molecular weight excluding hydrogens is 524 g/mol. The predicted molar refractivity (Wildman–Crippen MR) is 180 cm³/mol. The van der Waals surface area contributed by atoms with E-state index in [1.807, 2.05) is 12.1 Å². The molecular formula is C40H36N2O. The second-order valence-corrected chi connectivity index (χ2v) is 11.5. The van der Waals surface area contributed by atoms with Crippen molar-refractivity contribution in [3.8, 4) is 11.8 Å².